The maximum atomic E-state index is 14.2. The number of ether oxygens (including phenoxy) is 2. The van der Waals surface area contributed by atoms with Crippen molar-refractivity contribution in [1.82, 2.24) is 9.97 Å². The zero-order chi connectivity index (χ0) is 22.5. The van der Waals surface area contributed by atoms with Crippen molar-refractivity contribution in [2.75, 3.05) is 29.3 Å². The first kappa shape index (κ1) is 23.9. The maximum Gasteiger partial charge on any atom is 0.510 e. The van der Waals surface area contributed by atoms with Gasteiger partial charge in [0.15, 0.2) is 18.4 Å². The number of benzene rings is 1. The number of aromatic nitrogens is 2. The Labute approximate surface area is 180 Å². The quantitative estimate of drug-likeness (QED) is 0.108. The third-order valence-corrected chi connectivity index (χ3v) is 4.48. The number of amides is 1. The molecule has 0 aliphatic carbocycles. The molecule has 0 spiro atoms. The van der Waals surface area contributed by atoms with Gasteiger partial charge in [0.05, 0.1) is 16.6 Å². The van der Waals surface area contributed by atoms with Gasteiger partial charge in [-0.15, -0.1) is 0 Å². The van der Waals surface area contributed by atoms with E-state index in [1.807, 2.05) is 0 Å². The lowest BCUT2D eigenvalue weighted by atomic mass is 10.2. The molecule has 0 unspecified atom stereocenters. The van der Waals surface area contributed by atoms with Gasteiger partial charge in [0.25, 0.3) is 0 Å². The van der Waals surface area contributed by atoms with E-state index < -0.39 is 68.1 Å². The molecule has 1 amide bonds. The number of phosphoric ester groups is 1. The fourth-order valence-electron chi connectivity index (χ4n) is 2.06. The molecule has 162 valence electrons. The van der Waals surface area contributed by atoms with E-state index in [1.54, 1.807) is 22.6 Å². The van der Waals surface area contributed by atoms with Gasteiger partial charge in [0.1, 0.15) is 23.7 Å². The Bertz CT molecular complexity index is 1050. The number of aromatic amines is 1. The number of H-pyrrole nitrogens is 1. The van der Waals surface area contributed by atoms with Crippen molar-refractivity contribution in [2.45, 2.75) is 0 Å². The number of hydrogen-bond donors (Lipinski definition) is 3. The zero-order valence-electron chi connectivity index (χ0n) is 14.7. The molecule has 2 rings (SSSR count). The van der Waals surface area contributed by atoms with E-state index in [4.69, 9.17) is 19.8 Å². The summed E-state index contributed by atoms with van der Waals surface area (Å²) in [5.41, 5.74) is -1.49. The molecule has 0 saturated heterocycles. The fraction of sp³-hybridized carbons (Fsp3) is 0.286. The lowest BCUT2D eigenvalue weighted by Gasteiger charge is -2.18. The summed E-state index contributed by atoms with van der Waals surface area (Å²) < 4.78 is 52.0. The first-order valence-corrected chi connectivity index (χ1v) is 10.8. The molecule has 0 saturated carbocycles. The number of hydrogen-bond acceptors (Lipinski definition) is 8. The predicted molar refractivity (Wildman–Crippen MR) is 102 cm³/mol. The van der Waals surface area contributed by atoms with Crippen molar-refractivity contribution in [3.05, 3.63) is 23.3 Å². The molecule has 1 aromatic heterocycles. The Morgan fingerprint density at radius 1 is 1.33 bits per heavy atom. The molecule has 3 N–H and O–H groups in total. The normalized spacial score (nSPS) is 11.2. The molecule has 2 aromatic rings. The van der Waals surface area contributed by atoms with E-state index in [9.17, 15) is 22.9 Å². The standard InChI is InChI=1S/C14H12F2IN4O8P/c15-8-3-7(5-18)10(16)12-11(8)19-13(20-12)21(9(22)4-17)6-28-14(23)27-1-2-29-30(24,25)26/h3H,1-2,4,6H2,(H,19,20)(H2,24,25,26). The monoisotopic (exact) mass is 560 g/mol. The Morgan fingerprint density at radius 2 is 2.03 bits per heavy atom. The van der Waals surface area contributed by atoms with Crippen LogP contribution in [0.1, 0.15) is 5.56 Å². The van der Waals surface area contributed by atoms with E-state index in [-0.39, 0.29) is 10.4 Å². The second kappa shape index (κ2) is 10.1. The third kappa shape index (κ3) is 6.06. The van der Waals surface area contributed by atoms with Crippen LogP contribution in [0.2, 0.25) is 0 Å². The summed E-state index contributed by atoms with van der Waals surface area (Å²) in [7, 11) is -4.72. The lowest BCUT2D eigenvalue weighted by Crippen LogP contribution is -2.36. The highest BCUT2D eigenvalue weighted by atomic mass is 127. The van der Waals surface area contributed by atoms with Crippen molar-refractivity contribution in [2.24, 2.45) is 0 Å². The number of imidazole rings is 1. The van der Waals surface area contributed by atoms with Crippen LogP contribution in [-0.2, 0) is 23.4 Å². The molecule has 12 nitrogen and oxygen atoms in total. The van der Waals surface area contributed by atoms with Crippen LogP contribution in [-0.4, -0.2) is 56.2 Å². The molecule has 0 aliphatic heterocycles. The molecule has 0 bridgehead atoms. The molecule has 1 heterocycles. The summed E-state index contributed by atoms with van der Waals surface area (Å²) >= 11 is 1.70. The second-order valence-electron chi connectivity index (χ2n) is 5.27. The van der Waals surface area contributed by atoms with Gasteiger partial charge in [0, 0.05) is 0 Å². The topological polar surface area (TPSA) is 175 Å². The van der Waals surface area contributed by atoms with E-state index in [0.717, 1.165) is 4.90 Å². The van der Waals surface area contributed by atoms with E-state index in [1.165, 1.54) is 6.07 Å². The van der Waals surface area contributed by atoms with Crippen LogP contribution in [0.5, 0.6) is 0 Å². The number of carbonyl (C=O) groups excluding carboxylic acids is 2. The number of fused-ring (bicyclic) bond motifs is 1. The van der Waals surface area contributed by atoms with Crippen molar-refractivity contribution < 1.29 is 46.7 Å². The minimum atomic E-state index is -4.72. The molecule has 0 fully saturated rings. The maximum absolute atomic E-state index is 14.2. The van der Waals surface area contributed by atoms with Crippen LogP contribution in [0, 0.1) is 23.0 Å². The Balaban J connectivity index is 2.13. The van der Waals surface area contributed by atoms with Gasteiger partial charge < -0.3 is 24.2 Å². The number of alkyl halides is 1. The van der Waals surface area contributed by atoms with Crippen molar-refractivity contribution in [3.8, 4) is 6.07 Å². The molecular weight excluding hydrogens is 548 g/mol. The number of phosphoric acid groups is 1. The molecule has 1 aromatic carbocycles. The smallest absolute Gasteiger partial charge is 0.432 e. The first-order chi connectivity index (χ1) is 14.1. The Hall–Kier alpha value is -2.38. The fourth-order valence-corrected chi connectivity index (χ4v) is 2.78. The van der Waals surface area contributed by atoms with Crippen LogP contribution in [0.25, 0.3) is 11.0 Å². The molecule has 0 radical (unpaired) electrons. The van der Waals surface area contributed by atoms with Crippen molar-refractivity contribution >= 4 is 59.5 Å². The highest BCUT2D eigenvalue weighted by Gasteiger charge is 2.24. The minimum absolute atomic E-state index is 0.113. The van der Waals surface area contributed by atoms with Gasteiger partial charge in [0.2, 0.25) is 11.9 Å². The highest BCUT2D eigenvalue weighted by molar-refractivity contribution is 14.1. The Morgan fingerprint density at radius 3 is 2.63 bits per heavy atom. The van der Waals surface area contributed by atoms with Gasteiger partial charge in [-0.25, -0.2) is 28.0 Å². The molecule has 0 atom stereocenters. The number of nitrogens with zero attached hydrogens (tertiary/aromatic N) is 3. The minimum Gasteiger partial charge on any atom is -0.432 e. The van der Waals surface area contributed by atoms with Gasteiger partial charge in [-0.05, 0) is 6.07 Å². The predicted octanol–water partition coefficient (Wildman–Crippen LogP) is 1.70. The summed E-state index contributed by atoms with van der Waals surface area (Å²) in [5, 5.41) is 8.84. The van der Waals surface area contributed by atoms with Crippen molar-refractivity contribution in [1.29, 1.82) is 5.26 Å². The molecule has 30 heavy (non-hydrogen) atoms. The average molecular weight is 560 g/mol. The van der Waals surface area contributed by atoms with Crippen LogP contribution in [0.3, 0.4) is 0 Å². The number of carbonyl (C=O) groups is 2. The van der Waals surface area contributed by atoms with Gasteiger partial charge in [-0.2, -0.15) is 5.26 Å². The number of nitriles is 1. The first-order valence-electron chi connectivity index (χ1n) is 7.71. The summed E-state index contributed by atoms with van der Waals surface area (Å²) in [6.07, 6.45) is -1.31. The van der Waals surface area contributed by atoms with Crippen molar-refractivity contribution in [3.63, 3.8) is 0 Å². The van der Waals surface area contributed by atoms with Gasteiger partial charge in [-0.3, -0.25) is 9.32 Å². The van der Waals surface area contributed by atoms with Crippen LogP contribution in [0.15, 0.2) is 6.07 Å². The second-order valence-corrected chi connectivity index (χ2v) is 7.27. The van der Waals surface area contributed by atoms with Gasteiger partial charge >= 0.3 is 14.0 Å². The number of rotatable bonds is 8. The lowest BCUT2D eigenvalue weighted by molar-refractivity contribution is -0.116. The summed E-state index contributed by atoms with van der Waals surface area (Å²) in [5.74, 6) is -3.07. The Kier molecular flexibility index (Phi) is 8.03. The summed E-state index contributed by atoms with van der Waals surface area (Å²) in [4.78, 5) is 47.6. The number of halogens is 3. The van der Waals surface area contributed by atoms with E-state index >= 15 is 0 Å². The van der Waals surface area contributed by atoms with Crippen LogP contribution < -0.4 is 4.90 Å². The van der Waals surface area contributed by atoms with E-state index in [2.05, 4.69) is 19.2 Å². The molecule has 0 aliphatic rings. The van der Waals surface area contributed by atoms with Crippen LogP contribution >= 0.6 is 30.4 Å². The molecule has 16 heteroatoms. The number of anilines is 1. The largest absolute Gasteiger partial charge is 0.510 e. The summed E-state index contributed by atoms with van der Waals surface area (Å²) in [6.45, 7) is -1.92. The van der Waals surface area contributed by atoms with E-state index in [0.29, 0.717) is 6.07 Å². The average Bonchev–Trinajstić information content (AvgIpc) is 3.13. The molecular formula is C14H12F2IN4O8P. The summed E-state index contributed by atoms with van der Waals surface area (Å²) in [6, 6.07) is 2.14. The number of nitrogens with one attached hydrogen (secondary N) is 1. The van der Waals surface area contributed by atoms with Crippen LogP contribution in [0.4, 0.5) is 19.5 Å². The third-order valence-electron chi connectivity index (χ3n) is 3.31. The SMILES string of the molecule is N#Cc1cc(F)c2nc(N(COC(=O)OCCOP(=O)(O)O)C(=O)CI)[nH]c2c1F. The highest BCUT2D eigenvalue weighted by Crippen LogP contribution is 2.35. The van der Waals surface area contributed by atoms with Gasteiger partial charge in [-0.1, -0.05) is 22.6 Å². The zero-order valence-corrected chi connectivity index (χ0v) is 17.7.